The Bertz CT molecular complexity index is 869. The fourth-order valence-electron chi connectivity index (χ4n) is 2.26. The van der Waals surface area contributed by atoms with Gasteiger partial charge in [0.25, 0.3) is 0 Å². The lowest BCUT2D eigenvalue weighted by Gasteiger charge is -2.24. The van der Waals surface area contributed by atoms with Crippen molar-refractivity contribution in [3.05, 3.63) is 65.5 Å². The molecule has 26 heavy (non-hydrogen) atoms. The Labute approximate surface area is 153 Å². The number of alkyl carbamates (subject to hydrolysis) is 1. The highest BCUT2D eigenvalue weighted by atomic mass is 32.2. The molecule has 1 N–H and O–H groups in total. The first-order valence-corrected chi connectivity index (χ1v) is 9.59. The molecule has 0 saturated carbocycles. The number of carbonyl (C=O) groups is 1. The molecule has 140 valence electrons. The van der Waals surface area contributed by atoms with Crippen LogP contribution in [0.3, 0.4) is 0 Å². The second-order valence-electron chi connectivity index (χ2n) is 6.94. The molecule has 0 aromatic heterocycles. The van der Waals surface area contributed by atoms with Crippen LogP contribution in [0.15, 0.2) is 53.4 Å². The van der Waals surface area contributed by atoms with E-state index in [0.717, 1.165) is 17.7 Å². The first kappa shape index (κ1) is 19.9. The monoisotopic (exact) mass is 379 g/mol. The van der Waals surface area contributed by atoms with Crippen molar-refractivity contribution in [1.82, 2.24) is 5.32 Å². The predicted molar refractivity (Wildman–Crippen MR) is 96.9 cm³/mol. The summed E-state index contributed by atoms with van der Waals surface area (Å²) in [5, 5.41) is 0.989. The zero-order valence-electron chi connectivity index (χ0n) is 15.1. The summed E-state index contributed by atoms with van der Waals surface area (Å²) < 4.78 is 44.5. The SMILES string of the molecule is Cc1ccc(S(=O)(=O)C(NC(=O)OC(C)(C)C)c2ccc(F)cc2)cc1. The third-order valence-electron chi connectivity index (χ3n) is 3.48. The maximum Gasteiger partial charge on any atom is 0.408 e. The van der Waals surface area contributed by atoms with Crippen molar-refractivity contribution in [2.45, 2.75) is 43.6 Å². The number of benzene rings is 2. The molecule has 7 heteroatoms. The number of sulfone groups is 1. The molecule has 2 rings (SSSR count). The lowest BCUT2D eigenvalue weighted by Crippen LogP contribution is -2.38. The molecule has 1 amide bonds. The van der Waals surface area contributed by atoms with Crippen LogP contribution in [-0.4, -0.2) is 20.1 Å². The van der Waals surface area contributed by atoms with Crippen LogP contribution < -0.4 is 5.32 Å². The van der Waals surface area contributed by atoms with Crippen molar-refractivity contribution in [3.63, 3.8) is 0 Å². The lowest BCUT2D eigenvalue weighted by molar-refractivity contribution is 0.0519. The number of aryl methyl sites for hydroxylation is 1. The Kier molecular flexibility index (Phi) is 5.71. The van der Waals surface area contributed by atoms with Crippen LogP contribution in [0.4, 0.5) is 9.18 Å². The fraction of sp³-hybridized carbons (Fsp3) is 0.316. The minimum absolute atomic E-state index is 0.0495. The Morgan fingerprint density at radius 3 is 2.08 bits per heavy atom. The van der Waals surface area contributed by atoms with E-state index in [-0.39, 0.29) is 10.5 Å². The molecule has 0 radical (unpaired) electrons. The van der Waals surface area contributed by atoms with Gasteiger partial charge in [0.05, 0.1) is 4.90 Å². The van der Waals surface area contributed by atoms with Gasteiger partial charge in [0.15, 0.2) is 5.37 Å². The maximum atomic E-state index is 13.2. The van der Waals surface area contributed by atoms with Gasteiger partial charge in [-0.15, -0.1) is 0 Å². The van der Waals surface area contributed by atoms with Crippen molar-refractivity contribution in [3.8, 4) is 0 Å². The summed E-state index contributed by atoms with van der Waals surface area (Å²) in [5.74, 6) is -0.502. The van der Waals surface area contributed by atoms with E-state index in [1.54, 1.807) is 32.9 Å². The summed E-state index contributed by atoms with van der Waals surface area (Å²) in [6, 6.07) is 11.2. The van der Waals surface area contributed by atoms with E-state index < -0.39 is 32.7 Å². The number of amides is 1. The quantitative estimate of drug-likeness (QED) is 0.867. The second-order valence-corrected chi connectivity index (χ2v) is 8.97. The smallest absolute Gasteiger partial charge is 0.408 e. The molecular formula is C19H22FNO4S. The standard InChI is InChI=1S/C19H22FNO4S/c1-13-5-11-16(12-6-13)26(23,24)17(14-7-9-15(20)10-8-14)21-18(22)25-19(2,3)4/h5-12,17H,1-4H3,(H,21,22). The van der Waals surface area contributed by atoms with Gasteiger partial charge in [-0.1, -0.05) is 29.8 Å². The maximum absolute atomic E-state index is 13.2. The summed E-state index contributed by atoms with van der Waals surface area (Å²) in [6.45, 7) is 6.86. The zero-order chi connectivity index (χ0) is 19.5. The minimum Gasteiger partial charge on any atom is -0.444 e. The average molecular weight is 379 g/mol. The summed E-state index contributed by atoms with van der Waals surface area (Å²) >= 11 is 0. The number of hydrogen-bond donors (Lipinski definition) is 1. The topological polar surface area (TPSA) is 72.5 Å². The molecule has 2 aromatic carbocycles. The molecule has 1 atom stereocenters. The molecule has 1 unspecified atom stereocenters. The number of halogens is 1. The molecule has 2 aromatic rings. The Balaban J connectivity index is 2.44. The number of hydrogen-bond acceptors (Lipinski definition) is 4. The third-order valence-corrected chi connectivity index (χ3v) is 5.42. The highest BCUT2D eigenvalue weighted by molar-refractivity contribution is 7.91. The van der Waals surface area contributed by atoms with Gasteiger partial charge >= 0.3 is 6.09 Å². The fourth-order valence-corrected chi connectivity index (χ4v) is 3.81. The van der Waals surface area contributed by atoms with Crippen molar-refractivity contribution >= 4 is 15.9 Å². The van der Waals surface area contributed by atoms with Gasteiger partial charge in [0.1, 0.15) is 11.4 Å². The van der Waals surface area contributed by atoms with Crippen LogP contribution in [0.2, 0.25) is 0 Å². The molecule has 0 saturated heterocycles. The van der Waals surface area contributed by atoms with Crippen LogP contribution in [-0.2, 0) is 14.6 Å². The van der Waals surface area contributed by atoms with E-state index in [4.69, 9.17) is 4.74 Å². The molecule has 0 aliphatic carbocycles. The summed E-state index contributed by atoms with van der Waals surface area (Å²) in [5.41, 5.74) is 0.352. The molecule has 0 bridgehead atoms. The summed E-state index contributed by atoms with van der Waals surface area (Å²) in [4.78, 5) is 12.2. The summed E-state index contributed by atoms with van der Waals surface area (Å²) in [7, 11) is -3.97. The Hall–Kier alpha value is -2.41. The highest BCUT2D eigenvalue weighted by Crippen LogP contribution is 2.27. The second kappa shape index (κ2) is 7.45. The lowest BCUT2D eigenvalue weighted by atomic mass is 10.2. The van der Waals surface area contributed by atoms with E-state index in [1.165, 1.54) is 24.3 Å². The third kappa shape index (κ3) is 5.05. The van der Waals surface area contributed by atoms with Gasteiger partial charge in [0, 0.05) is 0 Å². The largest absolute Gasteiger partial charge is 0.444 e. The van der Waals surface area contributed by atoms with Crippen LogP contribution in [0.1, 0.15) is 37.3 Å². The first-order chi connectivity index (χ1) is 12.0. The molecule has 0 aliphatic heterocycles. The summed E-state index contributed by atoms with van der Waals surface area (Å²) in [6.07, 6.45) is -0.873. The highest BCUT2D eigenvalue weighted by Gasteiger charge is 2.32. The van der Waals surface area contributed by atoms with E-state index >= 15 is 0 Å². The number of rotatable bonds is 4. The molecule has 0 fully saturated rings. The molecule has 0 aliphatic rings. The number of carbonyl (C=O) groups excluding carboxylic acids is 1. The zero-order valence-corrected chi connectivity index (χ0v) is 15.9. The van der Waals surface area contributed by atoms with E-state index in [9.17, 15) is 17.6 Å². The molecule has 0 spiro atoms. The van der Waals surface area contributed by atoms with Crippen molar-refractivity contribution in [2.24, 2.45) is 0 Å². The Morgan fingerprint density at radius 1 is 1.04 bits per heavy atom. The number of nitrogens with one attached hydrogen (secondary N) is 1. The Morgan fingerprint density at radius 2 is 1.58 bits per heavy atom. The van der Waals surface area contributed by atoms with Gasteiger partial charge in [-0.05, 0) is 57.5 Å². The van der Waals surface area contributed by atoms with Crippen molar-refractivity contribution in [2.75, 3.05) is 0 Å². The van der Waals surface area contributed by atoms with Gasteiger partial charge in [-0.2, -0.15) is 0 Å². The van der Waals surface area contributed by atoms with Crippen molar-refractivity contribution < 1.29 is 22.3 Å². The molecule has 0 heterocycles. The molecular weight excluding hydrogens is 357 g/mol. The van der Waals surface area contributed by atoms with Crippen LogP contribution in [0.25, 0.3) is 0 Å². The molecule has 5 nitrogen and oxygen atoms in total. The van der Waals surface area contributed by atoms with Crippen LogP contribution in [0, 0.1) is 12.7 Å². The van der Waals surface area contributed by atoms with Crippen LogP contribution in [0.5, 0.6) is 0 Å². The van der Waals surface area contributed by atoms with Crippen molar-refractivity contribution in [1.29, 1.82) is 0 Å². The average Bonchev–Trinajstić information content (AvgIpc) is 2.52. The van der Waals surface area contributed by atoms with Gasteiger partial charge in [-0.25, -0.2) is 17.6 Å². The van der Waals surface area contributed by atoms with Gasteiger partial charge in [0.2, 0.25) is 9.84 Å². The van der Waals surface area contributed by atoms with Gasteiger partial charge in [-0.3, -0.25) is 0 Å². The van der Waals surface area contributed by atoms with Gasteiger partial charge < -0.3 is 10.1 Å². The van der Waals surface area contributed by atoms with E-state index in [0.29, 0.717) is 0 Å². The predicted octanol–water partition coefficient (Wildman–Crippen LogP) is 4.13. The van der Waals surface area contributed by atoms with E-state index in [2.05, 4.69) is 5.32 Å². The normalized spacial score (nSPS) is 13.1. The minimum atomic E-state index is -3.97. The first-order valence-electron chi connectivity index (χ1n) is 8.04. The van der Waals surface area contributed by atoms with E-state index in [1.807, 2.05) is 6.92 Å². The van der Waals surface area contributed by atoms with Crippen LogP contribution >= 0.6 is 0 Å². The number of ether oxygens (including phenoxy) is 1.